The maximum atomic E-state index is 12.6. The van der Waals surface area contributed by atoms with Crippen LogP contribution in [0.25, 0.3) is 0 Å². The molecule has 21 heavy (non-hydrogen) atoms. The van der Waals surface area contributed by atoms with Crippen molar-refractivity contribution in [2.75, 3.05) is 5.32 Å². The standard InChI is InChI=1S/C13H12F3N5/c1-8-5-6-18-12(19-8)21-11(17)20-10-4-2-3-9(7-10)13(14,15)16/h2-7H,1H3,(H3,17,18,19,20,21). The van der Waals surface area contributed by atoms with Gasteiger partial charge in [-0.15, -0.1) is 0 Å². The van der Waals surface area contributed by atoms with Gasteiger partial charge in [0.15, 0.2) is 0 Å². The number of benzene rings is 1. The van der Waals surface area contributed by atoms with Crippen molar-refractivity contribution >= 4 is 17.6 Å². The van der Waals surface area contributed by atoms with E-state index < -0.39 is 11.7 Å². The Morgan fingerprint density at radius 2 is 2.05 bits per heavy atom. The van der Waals surface area contributed by atoms with Gasteiger partial charge in [0.25, 0.3) is 5.95 Å². The first-order valence-corrected chi connectivity index (χ1v) is 5.93. The lowest BCUT2D eigenvalue weighted by Crippen LogP contribution is -2.22. The van der Waals surface area contributed by atoms with Crippen molar-refractivity contribution in [2.45, 2.75) is 13.1 Å². The molecule has 1 aromatic carbocycles. The highest BCUT2D eigenvalue weighted by atomic mass is 19.4. The molecule has 0 unspecified atom stereocenters. The largest absolute Gasteiger partial charge is 0.416 e. The first-order chi connectivity index (χ1) is 9.84. The summed E-state index contributed by atoms with van der Waals surface area (Å²) in [7, 11) is 0. The minimum atomic E-state index is -4.41. The van der Waals surface area contributed by atoms with Crippen LogP contribution in [0.15, 0.2) is 41.5 Å². The third-order valence-electron chi connectivity index (χ3n) is 2.46. The van der Waals surface area contributed by atoms with Crippen molar-refractivity contribution in [3.63, 3.8) is 0 Å². The number of aliphatic imine (C=N–C) groups is 1. The molecule has 0 amide bonds. The second-order valence-corrected chi connectivity index (χ2v) is 4.20. The molecule has 2 rings (SSSR count). The van der Waals surface area contributed by atoms with Gasteiger partial charge in [0.05, 0.1) is 5.56 Å². The summed E-state index contributed by atoms with van der Waals surface area (Å²) in [6.07, 6.45) is -2.90. The van der Waals surface area contributed by atoms with Crippen LogP contribution in [0.2, 0.25) is 0 Å². The Hall–Kier alpha value is -2.64. The van der Waals surface area contributed by atoms with E-state index in [-0.39, 0.29) is 17.6 Å². The summed E-state index contributed by atoms with van der Waals surface area (Å²) >= 11 is 0. The number of alkyl halides is 3. The van der Waals surface area contributed by atoms with Crippen LogP contribution in [0.4, 0.5) is 24.8 Å². The van der Waals surface area contributed by atoms with Gasteiger partial charge in [0, 0.05) is 17.6 Å². The third kappa shape index (κ3) is 4.16. The second-order valence-electron chi connectivity index (χ2n) is 4.20. The molecule has 0 aliphatic carbocycles. The van der Waals surface area contributed by atoms with Crippen molar-refractivity contribution in [2.24, 2.45) is 10.7 Å². The number of nitrogens with zero attached hydrogens (tertiary/aromatic N) is 3. The lowest BCUT2D eigenvalue weighted by Gasteiger charge is -2.09. The Morgan fingerprint density at radius 3 is 2.71 bits per heavy atom. The summed E-state index contributed by atoms with van der Waals surface area (Å²) in [6, 6.07) is 6.34. The molecule has 1 aromatic heterocycles. The maximum Gasteiger partial charge on any atom is 0.416 e. The molecule has 2 aromatic rings. The molecule has 0 aliphatic heterocycles. The Balaban J connectivity index is 2.18. The van der Waals surface area contributed by atoms with Gasteiger partial charge < -0.3 is 11.1 Å². The number of aryl methyl sites for hydroxylation is 1. The summed E-state index contributed by atoms with van der Waals surface area (Å²) in [6.45, 7) is 1.76. The van der Waals surface area contributed by atoms with E-state index in [1.54, 1.807) is 13.0 Å². The van der Waals surface area contributed by atoms with Gasteiger partial charge in [-0.05, 0) is 31.2 Å². The Morgan fingerprint density at radius 1 is 1.29 bits per heavy atom. The van der Waals surface area contributed by atoms with Crippen LogP contribution in [-0.4, -0.2) is 15.9 Å². The lowest BCUT2D eigenvalue weighted by molar-refractivity contribution is -0.137. The van der Waals surface area contributed by atoms with Gasteiger partial charge in [-0.2, -0.15) is 18.2 Å². The van der Waals surface area contributed by atoms with Crippen molar-refractivity contribution < 1.29 is 13.2 Å². The second kappa shape index (κ2) is 5.78. The number of hydrogen-bond donors (Lipinski definition) is 2. The predicted molar refractivity (Wildman–Crippen MR) is 73.1 cm³/mol. The quantitative estimate of drug-likeness (QED) is 0.660. The highest BCUT2D eigenvalue weighted by Gasteiger charge is 2.30. The van der Waals surface area contributed by atoms with Crippen molar-refractivity contribution in [3.05, 3.63) is 47.8 Å². The van der Waals surface area contributed by atoms with E-state index in [0.29, 0.717) is 5.69 Å². The van der Waals surface area contributed by atoms with Crippen LogP contribution in [0, 0.1) is 6.92 Å². The van der Waals surface area contributed by atoms with Crippen LogP contribution in [0.1, 0.15) is 11.3 Å². The third-order valence-corrected chi connectivity index (χ3v) is 2.46. The average molecular weight is 295 g/mol. The molecule has 8 heteroatoms. The zero-order chi connectivity index (χ0) is 15.5. The van der Waals surface area contributed by atoms with Crippen LogP contribution in [-0.2, 0) is 6.18 Å². The molecule has 110 valence electrons. The highest BCUT2D eigenvalue weighted by Crippen LogP contribution is 2.30. The van der Waals surface area contributed by atoms with E-state index in [2.05, 4.69) is 20.3 Å². The number of halogens is 3. The van der Waals surface area contributed by atoms with Crippen molar-refractivity contribution in [3.8, 4) is 0 Å². The summed E-state index contributed by atoms with van der Waals surface area (Å²) in [5, 5.41) is 2.57. The Kier molecular flexibility index (Phi) is 4.06. The van der Waals surface area contributed by atoms with Gasteiger partial charge >= 0.3 is 6.18 Å². The van der Waals surface area contributed by atoms with Gasteiger partial charge in [-0.1, -0.05) is 6.07 Å². The fraction of sp³-hybridized carbons (Fsp3) is 0.154. The number of nitrogens with one attached hydrogen (secondary N) is 1. The number of aromatic nitrogens is 2. The van der Waals surface area contributed by atoms with Crippen LogP contribution in [0.3, 0.4) is 0 Å². The zero-order valence-corrected chi connectivity index (χ0v) is 11.0. The normalized spacial score (nSPS) is 12.3. The number of rotatable bonds is 2. The van der Waals surface area contributed by atoms with Crippen LogP contribution in [0.5, 0.6) is 0 Å². The first-order valence-electron chi connectivity index (χ1n) is 5.93. The molecule has 0 aliphatic rings. The first kappa shape index (κ1) is 14.8. The number of guanidine groups is 1. The molecule has 1 heterocycles. The van der Waals surface area contributed by atoms with E-state index in [4.69, 9.17) is 5.73 Å². The van der Waals surface area contributed by atoms with E-state index in [9.17, 15) is 13.2 Å². The summed E-state index contributed by atoms with van der Waals surface area (Å²) in [4.78, 5) is 11.8. The molecule has 0 fully saturated rings. The number of anilines is 1. The molecule has 0 atom stereocenters. The predicted octanol–water partition coefficient (Wildman–Crippen LogP) is 2.86. The SMILES string of the molecule is Cc1ccnc(/N=C(\N)Nc2cccc(C(F)(F)F)c2)n1. The van der Waals surface area contributed by atoms with Crippen LogP contribution >= 0.6 is 0 Å². The Labute approximate surface area is 118 Å². The van der Waals surface area contributed by atoms with Gasteiger partial charge in [0.2, 0.25) is 5.96 Å². The fourth-order valence-corrected chi connectivity index (χ4v) is 1.55. The topological polar surface area (TPSA) is 76.2 Å². The summed E-state index contributed by atoms with van der Waals surface area (Å²) in [5.41, 5.74) is 5.74. The highest BCUT2D eigenvalue weighted by molar-refractivity contribution is 5.93. The van der Waals surface area contributed by atoms with Crippen molar-refractivity contribution in [1.29, 1.82) is 0 Å². The van der Waals surface area contributed by atoms with Gasteiger partial charge in [-0.3, -0.25) is 0 Å². The van der Waals surface area contributed by atoms with E-state index in [0.717, 1.165) is 12.1 Å². The zero-order valence-electron chi connectivity index (χ0n) is 11.0. The average Bonchev–Trinajstić information content (AvgIpc) is 2.37. The molecule has 3 N–H and O–H groups in total. The smallest absolute Gasteiger partial charge is 0.369 e. The van der Waals surface area contributed by atoms with E-state index in [1.807, 2.05) is 0 Å². The molecule has 0 spiro atoms. The monoisotopic (exact) mass is 295 g/mol. The van der Waals surface area contributed by atoms with E-state index >= 15 is 0 Å². The minimum absolute atomic E-state index is 0.0973. The lowest BCUT2D eigenvalue weighted by atomic mass is 10.2. The summed E-state index contributed by atoms with van der Waals surface area (Å²) < 4.78 is 37.8. The van der Waals surface area contributed by atoms with Gasteiger partial charge in [0.1, 0.15) is 0 Å². The molecular formula is C13H12F3N5. The van der Waals surface area contributed by atoms with Crippen LogP contribution < -0.4 is 11.1 Å². The van der Waals surface area contributed by atoms with E-state index in [1.165, 1.54) is 18.3 Å². The molecule has 0 bridgehead atoms. The maximum absolute atomic E-state index is 12.6. The summed E-state index contributed by atoms with van der Waals surface area (Å²) in [5.74, 6) is 0.0342. The molecule has 0 saturated heterocycles. The molecular weight excluding hydrogens is 283 g/mol. The molecule has 0 radical (unpaired) electrons. The number of nitrogens with two attached hydrogens (primary N) is 1. The number of hydrogen-bond acceptors (Lipinski definition) is 3. The van der Waals surface area contributed by atoms with Gasteiger partial charge in [-0.25, -0.2) is 9.97 Å². The minimum Gasteiger partial charge on any atom is -0.369 e. The molecule has 5 nitrogen and oxygen atoms in total. The Bertz CT molecular complexity index is 667. The fourth-order valence-electron chi connectivity index (χ4n) is 1.55. The molecule has 0 saturated carbocycles. The van der Waals surface area contributed by atoms with Crippen molar-refractivity contribution in [1.82, 2.24) is 9.97 Å².